The molecule has 24 heavy (non-hydrogen) atoms. The number of aromatic nitrogens is 1. The molecule has 0 bridgehead atoms. The van der Waals surface area contributed by atoms with E-state index in [1.807, 2.05) is 36.6 Å². The van der Waals surface area contributed by atoms with Crippen LogP contribution >= 0.6 is 11.3 Å². The smallest absolute Gasteiger partial charge is 0.246 e. The Kier molecular flexibility index (Phi) is 6.52. The highest BCUT2D eigenvalue weighted by atomic mass is 32.1. The Balaban J connectivity index is 2.05. The lowest BCUT2D eigenvalue weighted by Crippen LogP contribution is -2.36. The number of hydrogen-bond acceptors (Lipinski definition) is 5. The topological polar surface area (TPSA) is 62.7 Å². The van der Waals surface area contributed by atoms with Gasteiger partial charge in [0.25, 0.3) is 0 Å². The molecule has 1 unspecified atom stereocenters. The number of nitrogens with zero attached hydrogens (tertiary/aromatic N) is 2. The number of rotatable bonds is 7. The molecule has 0 spiro atoms. The average molecular weight is 346 g/mol. The standard InChI is InChI=1S/C18H22N2O3S/c1-13(10-21)20(3)18(22)9-8-15-6-4-5-7-17(15)23-11-16-12-24-14(2)19-16/h4-9,12-13,21H,10-11H2,1-3H3/b9-8+. The average Bonchev–Trinajstić information content (AvgIpc) is 3.02. The highest BCUT2D eigenvalue weighted by molar-refractivity contribution is 7.09. The van der Waals surface area contributed by atoms with E-state index in [0.717, 1.165) is 16.3 Å². The minimum absolute atomic E-state index is 0.0666. The highest BCUT2D eigenvalue weighted by Gasteiger charge is 2.12. The molecule has 6 heteroatoms. The fourth-order valence-corrected chi connectivity index (χ4v) is 2.59. The third-order valence-electron chi connectivity index (χ3n) is 3.64. The number of amides is 1. The maximum Gasteiger partial charge on any atom is 0.246 e. The zero-order valence-corrected chi connectivity index (χ0v) is 14.9. The van der Waals surface area contributed by atoms with Crippen molar-refractivity contribution in [3.05, 3.63) is 52.0 Å². The predicted molar refractivity (Wildman–Crippen MR) is 96.0 cm³/mol. The number of thiazole rings is 1. The Bertz CT molecular complexity index is 712. The Morgan fingerprint density at radius 3 is 2.88 bits per heavy atom. The Labute approximate surface area is 146 Å². The SMILES string of the molecule is Cc1nc(COc2ccccc2/C=C/C(=O)N(C)C(C)CO)cs1. The van der Waals surface area contributed by atoms with Gasteiger partial charge < -0.3 is 14.7 Å². The van der Waals surface area contributed by atoms with Crippen LogP contribution in [0.25, 0.3) is 6.08 Å². The molecule has 5 nitrogen and oxygen atoms in total. The molecule has 1 atom stereocenters. The van der Waals surface area contributed by atoms with Crippen LogP contribution in [0.1, 0.15) is 23.2 Å². The summed E-state index contributed by atoms with van der Waals surface area (Å²) in [6.07, 6.45) is 3.21. The third-order valence-corrected chi connectivity index (χ3v) is 4.46. The molecular weight excluding hydrogens is 324 g/mol. The highest BCUT2D eigenvalue weighted by Crippen LogP contribution is 2.21. The fourth-order valence-electron chi connectivity index (χ4n) is 1.99. The lowest BCUT2D eigenvalue weighted by atomic mass is 10.2. The molecular formula is C18H22N2O3S. The van der Waals surface area contributed by atoms with Gasteiger partial charge in [-0.05, 0) is 26.0 Å². The fraction of sp³-hybridized carbons (Fsp3) is 0.333. The summed E-state index contributed by atoms with van der Waals surface area (Å²) >= 11 is 1.59. The number of carbonyl (C=O) groups is 1. The van der Waals surface area contributed by atoms with Gasteiger partial charge in [0.1, 0.15) is 12.4 Å². The molecule has 0 saturated carbocycles. The van der Waals surface area contributed by atoms with Gasteiger partial charge in [-0.3, -0.25) is 4.79 Å². The Morgan fingerprint density at radius 2 is 2.21 bits per heavy atom. The van der Waals surface area contributed by atoms with Crippen molar-refractivity contribution in [1.29, 1.82) is 0 Å². The molecule has 0 radical (unpaired) electrons. The summed E-state index contributed by atoms with van der Waals surface area (Å²) < 4.78 is 5.83. The number of para-hydroxylation sites is 1. The molecule has 0 aliphatic carbocycles. The van der Waals surface area contributed by atoms with E-state index >= 15 is 0 Å². The van der Waals surface area contributed by atoms with Crippen LogP contribution in [0.5, 0.6) is 5.75 Å². The van der Waals surface area contributed by atoms with Crippen LogP contribution in [0.4, 0.5) is 0 Å². The van der Waals surface area contributed by atoms with Gasteiger partial charge in [0.2, 0.25) is 5.91 Å². The van der Waals surface area contributed by atoms with Crippen molar-refractivity contribution in [3.8, 4) is 5.75 Å². The zero-order valence-electron chi connectivity index (χ0n) is 14.1. The lowest BCUT2D eigenvalue weighted by Gasteiger charge is -2.21. The largest absolute Gasteiger partial charge is 0.487 e. The van der Waals surface area contributed by atoms with Crippen LogP contribution in [0, 0.1) is 6.92 Å². The van der Waals surface area contributed by atoms with Gasteiger partial charge in [-0.1, -0.05) is 18.2 Å². The van der Waals surface area contributed by atoms with Crippen molar-refractivity contribution in [2.24, 2.45) is 0 Å². The summed E-state index contributed by atoms with van der Waals surface area (Å²) in [4.78, 5) is 18.0. The van der Waals surface area contributed by atoms with E-state index in [1.165, 1.54) is 11.0 Å². The van der Waals surface area contributed by atoms with Crippen molar-refractivity contribution in [1.82, 2.24) is 9.88 Å². The Morgan fingerprint density at radius 1 is 1.46 bits per heavy atom. The first-order chi connectivity index (χ1) is 11.5. The molecule has 1 aromatic heterocycles. The monoisotopic (exact) mass is 346 g/mol. The van der Waals surface area contributed by atoms with E-state index in [0.29, 0.717) is 12.4 Å². The second kappa shape index (κ2) is 8.61. The molecule has 0 aliphatic heterocycles. The summed E-state index contributed by atoms with van der Waals surface area (Å²) in [5.74, 6) is 0.534. The second-order valence-corrected chi connectivity index (χ2v) is 6.56. The number of ether oxygens (including phenoxy) is 1. The summed E-state index contributed by atoms with van der Waals surface area (Å²) in [5.41, 5.74) is 1.71. The van der Waals surface area contributed by atoms with E-state index in [1.54, 1.807) is 31.4 Å². The van der Waals surface area contributed by atoms with Crippen molar-refractivity contribution in [3.63, 3.8) is 0 Å². The molecule has 1 N–H and O–H groups in total. The number of benzene rings is 1. The van der Waals surface area contributed by atoms with E-state index in [2.05, 4.69) is 4.98 Å². The molecule has 1 aromatic carbocycles. The summed E-state index contributed by atoms with van der Waals surface area (Å²) in [5, 5.41) is 12.1. The van der Waals surface area contributed by atoms with Crippen molar-refractivity contribution in [2.75, 3.05) is 13.7 Å². The minimum atomic E-state index is -0.221. The van der Waals surface area contributed by atoms with Crippen LogP contribution in [0.15, 0.2) is 35.7 Å². The molecule has 2 rings (SSSR count). The number of hydrogen-bond donors (Lipinski definition) is 1. The maximum atomic E-state index is 12.1. The van der Waals surface area contributed by atoms with Gasteiger partial charge in [-0.2, -0.15) is 0 Å². The summed E-state index contributed by atoms with van der Waals surface area (Å²) in [6, 6.07) is 7.32. The Hall–Kier alpha value is -2.18. The van der Waals surface area contributed by atoms with E-state index in [9.17, 15) is 4.79 Å². The van der Waals surface area contributed by atoms with Gasteiger partial charge in [0.15, 0.2) is 0 Å². The molecule has 1 heterocycles. The minimum Gasteiger partial charge on any atom is -0.487 e. The third kappa shape index (κ3) is 4.91. The summed E-state index contributed by atoms with van der Waals surface area (Å²) in [7, 11) is 1.67. The van der Waals surface area contributed by atoms with Crippen LogP contribution in [0.3, 0.4) is 0 Å². The van der Waals surface area contributed by atoms with Gasteiger partial charge in [0, 0.05) is 24.1 Å². The van der Waals surface area contributed by atoms with Gasteiger partial charge in [0.05, 0.1) is 23.4 Å². The maximum absolute atomic E-state index is 12.1. The number of aliphatic hydroxyl groups is 1. The molecule has 128 valence electrons. The van der Waals surface area contributed by atoms with E-state index in [-0.39, 0.29) is 18.6 Å². The first-order valence-corrected chi connectivity index (χ1v) is 8.57. The summed E-state index contributed by atoms with van der Waals surface area (Å²) in [6.45, 7) is 4.08. The molecule has 0 aliphatic rings. The quantitative estimate of drug-likeness (QED) is 0.783. The number of aryl methyl sites for hydroxylation is 1. The molecule has 1 amide bonds. The van der Waals surface area contributed by atoms with E-state index in [4.69, 9.17) is 9.84 Å². The van der Waals surface area contributed by atoms with Crippen molar-refractivity contribution < 1.29 is 14.6 Å². The van der Waals surface area contributed by atoms with Crippen molar-refractivity contribution >= 4 is 23.3 Å². The van der Waals surface area contributed by atoms with Crippen LogP contribution in [0.2, 0.25) is 0 Å². The van der Waals surface area contributed by atoms with E-state index < -0.39 is 0 Å². The zero-order chi connectivity index (χ0) is 17.5. The number of aliphatic hydroxyl groups excluding tert-OH is 1. The number of carbonyl (C=O) groups excluding carboxylic acids is 1. The molecule has 0 fully saturated rings. The lowest BCUT2D eigenvalue weighted by molar-refractivity contribution is -0.127. The normalized spacial score (nSPS) is 12.3. The number of likely N-dealkylation sites (N-methyl/N-ethyl adjacent to an activating group) is 1. The molecule has 0 saturated heterocycles. The predicted octanol–water partition coefficient (Wildman–Crippen LogP) is 2.88. The van der Waals surface area contributed by atoms with Gasteiger partial charge in [-0.15, -0.1) is 11.3 Å². The van der Waals surface area contributed by atoms with Crippen LogP contribution in [-0.4, -0.2) is 40.6 Å². The second-order valence-electron chi connectivity index (χ2n) is 5.50. The molecule has 2 aromatic rings. The van der Waals surface area contributed by atoms with Crippen molar-refractivity contribution in [2.45, 2.75) is 26.5 Å². The van der Waals surface area contributed by atoms with Gasteiger partial charge in [-0.25, -0.2) is 4.98 Å². The first-order valence-electron chi connectivity index (χ1n) is 7.70. The van der Waals surface area contributed by atoms with Gasteiger partial charge >= 0.3 is 0 Å². The van der Waals surface area contributed by atoms with Crippen LogP contribution < -0.4 is 4.74 Å². The van der Waals surface area contributed by atoms with Crippen LogP contribution in [-0.2, 0) is 11.4 Å². The first kappa shape index (κ1) is 18.2.